The van der Waals surface area contributed by atoms with E-state index in [1.165, 1.54) is 0 Å². The van der Waals surface area contributed by atoms with Gasteiger partial charge in [-0.25, -0.2) is 0 Å². The van der Waals surface area contributed by atoms with Gasteiger partial charge in [0.1, 0.15) is 0 Å². The summed E-state index contributed by atoms with van der Waals surface area (Å²) in [7, 11) is 0. The number of aliphatic hydroxyl groups excluding tert-OH is 1. The fourth-order valence-electron chi connectivity index (χ4n) is 1.32. The molecule has 0 aromatic heterocycles. The lowest BCUT2D eigenvalue weighted by Gasteiger charge is -2.25. The molecule has 1 aromatic rings. The first-order valence-corrected chi connectivity index (χ1v) is 5.51. The van der Waals surface area contributed by atoms with Crippen molar-refractivity contribution in [2.24, 2.45) is 11.1 Å². The Labute approximate surface area is 100.0 Å². The van der Waals surface area contributed by atoms with E-state index in [4.69, 9.17) is 28.9 Å². The molecule has 0 saturated heterocycles. The third-order valence-electron chi connectivity index (χ3n) is 2.51. The Balaban J connectivity index is 2.89. The van der Waals surface area contributed by atoms with E-state index in [9.17, 15) is 5.11 Å². The van der Waals surface area contributed by atoms with Crippen LogP contribution in [0.5, 0.6) is 0 Å². The minimum absolute atomic E-state index is 0.0441. The van der Waals surface area contributed by atoms with Crippen LogP contribution < -0.4 is 5.73 Å². The van der Waals surface area contributed by atoms with Crippen molar-refractivity contribution >= 4 is 23.2 Å². The quantitative estimate of drug-likeness (QED) is 0.859. The van der Waals surface area contributed by atoms with Gasteiger partial charge in [-0.1, -0.05) is 36.2 Å². The molecule has 0 amide bonds. The molecule has 0 aliphatic heterocycles. The smallest absolute Gasteiger partial charge is 0.0500 e. The van der Waals surface area contributed by atoms with E-state index in [-0.39, 0.29) is 12.0 Å². The van der Waals surface area contributed by atoms with Gasteiger partial charge in [-0.15, -0.1) is 0 Å². The summed E-state index contributed by atoms with van der Waals surface area (Å²) in [5.74, 6) is 0. The van der Waals surface area contributed by atoms with Crippen LogP contribution in [-0.2, 0) is 6.42 Å². The van der Waals surface area contributed by atoms with Crippen molar-refractivity contribution < 1.29 is 5.11 Å². The minimum Gasteiger partial charge on any atom is -0.396 e. The second kappa shape index (κ2) is 5.17. The predicted molar refractivity (Wildman–Crippen MR) is 64.4 cm³/mol. The van der Waals surface area contributed by atoms with Gasteiger partial charge in [0.25, 0.3) is 0 Å². The van der Waals surface area contributed by atoms with Crippen LogP contribution in [-0.4, -0.2) is 18.3 Å². The third-order valence-corrected chi connectivity index (χ3v) is 3.09. The molecule has 0 bridgehead atoms. The zero-order valence-corrected chi connectivity index (χ0v) is 10.1. The van der Waals surface area contributed by atoms with Crippen LogP contribution >= 0.6 is 23.2 Å². The molecule has 1 rings (SSSR count). The molecule has 0 spiro atoms. The Morgan fingerprint density at radius 2 is 2.07 bits per heavy atom. The van der Waals surface area contributed by atoms with Crippen LogP contribution in [0.25, 0.3) is 0 Å². The number of nitrogens with two attached hydrogens (primary N) is 1. The largest absolute Gasteiger partial charge is 0.396 e. The van der Waals surface area contributed by atoms with Crippen molar-refractivity contribution in [1.29, 1.82) is 0 Å². The van der Waals surface area contributed by atoms with E-state index in [0.717, 1.165) is 5.56 Å². The van der Waals surface area contributed by atoms with Gasteiger partial charge in [0.2, 0.25) is 0 Å². The molecule has 0 heterocycles. The van der Waals surface area contributed by atoms with Crippen molar-refractivity contribution in [2.75, 3.05) is 13.2 Å². The second-order valence-corrected chi connectivity index (χ2v) is 4.93. The molecule has 3 N–H and O–H groups in total. The van der Waals surface area contributed by atoms with Crippen LogP contribution in [0, 0.1) is 5.41 Å². The lowest BCUT2D eigenvalue weighted by molar-refractivity contribution is 0.149. The van der Waals surface area contributed by atoms with E-state index in [1.807, 2.05) is 13.0 Å². The molecule has 4 heteroatoms. The fraction of sp³-hybridized carbons (Fsp3) is 0.455. The summed E-state index contributed by atoms with van der Waals surface area (Å²) in [6, 6.07) is 5.36. The first kappa shape index (κ1) is 12.8. The normalized spacial score (nSPS) is 15.0. The van der Waals surface area contributed by atoms with Gasteiger partial charge in [0.05, 0.1) is 0 Å². The Kier molecular flexibility index (Phi) is 4.41. The SMILES string of the molecule is CC(CN)(CO)Cc1ccc(Cl)cc1Cl. The molecule has 15 heavy (non-hydrogen) atoms. The van der Waals surface area contributed by atoms with E-state index >= 15 is 0 Å². The van der Waals surface area contributed by atoms with E-state index in [0.29, 0.717) is 23.0 Å². The first-order chi connectivity index (χ1) is 7.00. The van der Waals surface area contributed by atoms with Gasteiger partial charge in [-0.05, 0) is 24.1 Å². The maximum Gasteiger partial charge on any atom is 0.0500 e. The van der Waals surface area contributed by atoms with Gasteiger partial charge in [-0.3, -0.25) is 0 Å². The number of benzene rings is 1. The highest BCUT2D eigenvalue weighted by Crippen LogP contribution is 2.27. The number of aliphatic hydroxyl groups is 1. The lowest BCUT2D eigenvalue weighted by atomic mass is 9.84. The summed E-state index contributed by atoms with van der Waals surface area (Å²) < 4.78 is 0. The standard InChI is InChI=1S/C11H15Cl2NO/c1-11(6-14,7-15)5-8-2-3-9(12)4-10(8)13/h2-4,15H,5-7,14H2,1H3. The number of halogens is 2. The predicted octanol–water partition coefficient (Wildman–Crippen LogP) is 2.49. The summed E-state index contributed by atoms with van der Waals surface area (Å²) in [5, 5.41) is 10.5. The highest BCUT2D eigenvalue weighted by molar-refractivity contribution is 6.35. The number of rotatable bonds is 4. The molecule has 0 fully saturated rings. The van der Waals surface area contributed by atoms with Crippen LogP contribution in [0.2, 0.25) is 10.0 Å². The fourth-order valence-corrected chi connectivity index (χ4v) is 1.79. The van der Waals surface area contributed by atoms with Crippen molar-refractivity contribution in [3.8, 4) is 0 Å². The summed E-state index contributed by atoms with van der Waals surface area (Å²) >= 11 is 11.8. The molecule has 1 aromatic carbocycles. The van der Waals surface area contributed by atoms with Crippen molar-refractivity contribution in [3.63, 3.8) is 0 Å². The Bertz CT molecular complexity index is 337. The maximum absolute atomic E-state index is 9.24. The van der Waals surface area contributed by atoms with Crippen LogP contribution in [0.15, 0.2) is 18.2 Å². The molecule has 2 nitrogen and oxygen atoms in total. The summed E-state index contributed by atoms with van der Waals surface area (Å²) in [6.45, 7) is 2.39. The molecular formula is C11H15Cl2NO. The highest BCUT2D eigenvalue weighted by atomic mass is 35.5. The van der Waals surface area contributed by atoms with Crippen molar-refractivity contribution in [2.45, 2.75) is 13.3 Å². The molecule has 1 unspecified atom stereocenters. The summed E-state index contributed by atoms with van der Waals surface area (Å²) in [5.41, 5.74) is 6.26. The van der Waals surface area contributed by atoms with E-state index < -0.39 is 0 Å². The zero-order valence-electron chi connectivity index (χ0n) is 8.63. The average Bonchev–Trinajstić information content (AvgIpc) is 2.22. The molecule has 0 saturated carbocycles. The van der Waals surface area contributed by atoms with Crippen molar-refractivity contribution in [3.05, 3.63) is 33.8 Å². The molecule has 0 radical (unpaired) electrons. The number of hydrogen-bond acceptors (Lipinski definition) is 2. The van der Waals surface area contributed by atoms with Gasteiger partial charge in [0.15, 0.2) is 0 Å². The van der Waals surface area contributed by atoms with Gasteiger partial charge in [0, 0.05) is 28.6 Å². The lowest BCUT2D eigenvalue weighted by Crippen LogP contribution is -2.33. The van der Waals surface area contributed by atoms with Gasteiger partial charge >= 0.3 is 0 Å². The molecule has 1 atom stereocenters. The van der Waals surface area contributed by atoms with Crippen LogP contribution in [0.4, 0.5) is 0 Å². The molecule has 84 valence electrons. The summed E-state index contributed by atoms with van der Waals surface area (Å²) in [4.78, 5) is 0. The average molecular weight is 248 g/mol. The van der Waals surface area contributed by atoms with Crippen LogP contribution in [0.1, 0.15) is 12.5 Å². The highest BCUT2D eigenvalue weighted by Gasteiger charge is 2.23. The van der Waals surface area contributed by atoms with Crippen LogP contribution in [0.3, 0.4) is 0 Å². The van der Waals surface area contributed by atoms with E-state index in [1.54, 1.807) is 12.1 Å². The zero-order chi connectivity index (χ0) is 11.5. The Morgan fingerprint density at radius 1 is 1.40 bits per heavy atom. The molecular weight excluding hydrogens is 233 g/mol. The van der Waals surface area contributed by atoms with Crippen molar-refractivity contribution in [1.82, 2.24) is 0 Å². The number of hydrogen-bond donors (Lipinski definition) is 2. The monoisotopic (exact) mass is 247 g/mol. The maximum atomic E-state index is 9.24. The summed E-state index contributed by atoms with van der Waals surface area (Å²) in [6.07, 6.45) is 0.649. The topological polar surface area (TPSA) is 46.2 Å². The van der Waals surface area contributed by atoms with Gasteiger partial charge < -0.3 is 10.8 Å². The molecule has 0 aliphatic rings. The Hall–Kier alpha value is -0.280. The Morgan fingerprint density at radius 3 is 2.53 bits per heavy atom. The first-order valence-electron chi connectivity index (χ1n) is 4.75. The second-order valence-electron chi connectivity index (χ2n) is 4.09. The molecule has 0 aliphatic carbocycles. The van der Waals surface area contributed by atoms with Gasteiger partial charge in [-0.2, -0.15) is 0 Å². The minimum atomic E-state index is -0.322. The van der Waals surface area contributed by atoms with E-state index in [2.05, 4.69) is 0 Å². The third kappa shape index (κ3) is 3.35.